The minimum Gasteiger partial charge on any atom is -0.491 e. The zero-order valence-electron chi connectivity index (χ0n) is 12.3. The van der Waals surface area contributed by atoms with Crippen molar-refractivity contribution < 1.29 is 14.6 Å². The van der Waals surface area contributed by atoms with Crippen molar-refractivity contribution in [2.45, 2.75) is 45.1 Å². The van der Waals surface area contributed by atoms with Gasteiger partial charge < -0.3 is 15.6 Å². The summed E-state index contributed by atoms with van der Waals surface area (Å²) in [4.78, 5) is 11.4. The predicted octanol–water partition coefficient (Wildman–Crippen LogP) is 2.69. The van der Waals surface area contributed by atoms with Crippen molar-refractivity contribution in [1.29, 1.82) is 0 Å². The van der Waals surface area contributed by atoms with Crippen molar-refractivity contribution in [3.05, 3.63) is 29.3 Å². The number of rotatable bonds is 6. The molecule has 0 aromatic heterocycles. The maximum Gasteiger partial charge on any atom is 0.327 e. The summed E-state index contributed by atoms with van der Waals surface area (Å²) in [6, 6.07) is 6.02. The fraction of sp³-hybridized carbons (Fsp3) is 0.562. The van der Waals surface area contributed by atoms with E-state index in [1.165, 1.54) is 0 Å². The molecule has 1 atom stereocenters. The Hall–Kier alpha value is -1.55. The van der Waals surface area contributed by atoms with Crippen LogP contribution in [0.5, 0.6) is 5.75 Å². The fourth-order valence-corrected chi connectivity index (χ4v) is 2.39. The van der Waals surface area contributed by atoms with E-state index in [9.17, 15) is 9.90 Å². The van der Waals surface area contributed by atoms with Gasteiger partial charge in [0.2, 0.25) is 0 Å². The Morgan fingerprint density at radius 1 is 1.50 bits per heavy atom. The lowest BCUT2D eigenvalue weighted by molar-refractivity contribution is -0.145. The van der Waals surface area contributed by atoms with Gasteiger partial charge in [0.05, 0.1) is 0 Å². The van der Waals surface area contributed by atoms with E-state index >= 15 is 0 Å². The number of ether oxygens (including phenoxy) is 1. The lowest BCUT2D eigenvalue weighted by atomic mass is 9.95. The van der Waals surface area contributed by atoms with Crippen molar-refractivity contribution >= 4 is 5.97 Å². The SMILES string of the molecule is Cc1ccc(C(C)C)c(OCC(N)(C(=O)O)C2CC2)c1. The third kappa shape index (κ3) is 2.96. The molecule has 0 amide bonds. The van der Waals surface area contributed by atoms with Crippen LogP contribution in [0.15, 0.2) is 18.2 Å². The molecule has 20 heavy (non-hydrogen) atoms. The number of carbonyl (C=O) groups is 1. The van der Waals surface area contributed by atoms with Gasteiger partial charge in [0.1, 0.15) is 12.4 Å². The van der Waals surface area contributed by atoms with Crippen molar-refractivity contribution in [3.63, 3.8) is 0 Å². The highest BCUT2D eigenvalue weighted by Crippen LogP contribution is 2.39. The Balaban J connectivity index is 2.17. The number of aliphatic carboxylic acids is 1. The van der Waals surface area contributed by atoms with Crippen LogP contribution in [0.3, 0.4) is 0 Å². The van der Waals surface area contributed by atoms with E-state index in [2.05, 4.69) is 13.8 Å². The molecule has 1 aliphatic carbocycles. The van der Waals surface area contributed by atoms with Gasteiger partial charge in [0.25, 0.3) is 0 Å². The summed E-state index contributed by atoms with van der Waals surface area (Å²) < 4.78 is 5.80. The molecule has 4 heteroatoms. The molecule has 1 aromatic carbocycles. The molecule has 0 aliphatic heterocycles. The highest BCUT2D eigenvalue weighted by molar-refractivity contribution is 5.79. The molecule has 1 fully saturated rings. The van der Waals surface area contributed by atoms with Crippen LogP contribution in [0.1, 0.15) is 43.7 Å². The molecule has 1 saturated carbocycles. The molecule has 1 aromatic rings. The Morgan fingerprint density at radius 3 is 2.65 bits per heavy atom. The number of carboxylic acids is 1. The van der Waals surface area contributed by atoms with E-state index in [0.717, 1.165) is 29.7 Å². The maximum atomic E-state index is 11.4. The normalized spacial score (nSPS) is 17.9. The van der Waals surface area contributed by atoms with Crippen LogP contribution in [-0.4, -0.2) is 23.2 Å². The van der Waals surface area contributed by atoms with Crippen molar-refractivity contribution in [3.8, 4) is 5.75 Å². The highest BCUT2D eigenvalue weighted by Gasteiger charge is 2.49. The Labute approximate surface area is 119 Å². The molecule has 1 aliphatic rings. The summed E-state index contributed by atoms with van der Waals surface area (Å²) in [5, 5.41) is 9.35. The van der Waals surface area contributed by atoms with Crippen LogP contribution >= 0.6 is 0 Å². The Morgan fingerprint density at radius 2 is 2.15 bits per heavy atom. The molecule has 110 valence electrons. The number of hydrogen-bond acceptors (Lipinski definition) is 3. The van der Waals surface area contributed by atoms with Gasteiger partial charge >= 0.3 is 5.97 Å². The van der Waals surface area contributed by atoms with Crippen molar-refractivity contribution in [1.82, 2.24) is 0 Å². The molecule has 0 heterocycles. The molecule has 3 N–H and O–H groups in total. The van der Waals surface area contributed by atoms with Crippen LogP contribution in [0.25, 0.3) is 0 Å². The van der Waals surface area contributed by atoms with E-state index in [1.807, 2.05) is 25.1 Å². The van der Waals surface area contributed by atoms with E-state index < -0.39 is 11.5 Å². The Bertz CT molecular complexity index is 508. The quantitative estimate of drug-likeness (QED) is 0.838. The topological polar surface area (TPSA) is 72.5 Å². The Kier molecular flexibility index (Phi) is 4.04. The number of carboxylic acid groups (broad SMARTS) is 1. The summed E-state index contributed by atoms with van der Waals surface area (Å²) in [7, 11) is 0. The molecule has 1 unspecified atom stereocenters. The van der Waals surface area contributed by atoms with Gasteiger partial charge in [-0.1, -0.05) is 26.0 Å². The average Bonchev–Trinajstić information content (AvgIpc) is 3.19. The third-order valence-electron chi connectivity index (χ3n) is 3.96. The monoisotopic (exact) mass is 277 g/mol. The van der Waals surface area contributed by atoms with E-state index in [0.29, 0.717) is 5.92 Å². The second-order valence-corrected chi connectivity index (χ2v) is 6.10. The van der Waals surface area contributed by atoms with E-state index in [4.69, 9.17) is 10.5 Å². The fourth-order valence-electron chi connectivity index (χ4n) is 2.39. The van der Waals surface area contributed by atoms with Crippen LogP contribution in [0.4, 0.5) is 0 Å². The summed E-state index contributed by atoms with van der Waals surface area (Å²) >= 11 is 0. The lowest BCUT2D eigenvalue weighted by Crippen LogP contribution is -2.54. The first-order valence-corrected chi connectivity index (χ1v) is 7.10. The van der Waals surface area contributed by atoms with Crippen molar-refractivity contribution in [2.24, 2.45) is 11.7 Å². The van der Waals surface area contributed by atoms with Crippen LogP contribution in [-0.2, 0) is 4.79 Å². The summed E-state index contributed by atoms with van der Waals surface area (Å²) in [5.74, 6) is 0.131. The van der Waals surface area contributed by atoms with Crippen LogP contribution in [0.2, 0.25) is 0 Å². The van der Waals surface area contributed by atoms with Gasteiger partial charge in [-0.25, -0.2) is 0 Å². The maximum absolute atomic E-state index is 11.4. The molecular weight excluding hydrogens is 254 g/mol. The zero-order chi connectivity index (χ0) is 14.9. The van der Waals surface area contributed by atoms with Gasteiger partial charge in [0, 0.05) is 0 Å². The molecule has 0 radical (unpaired) electrons. The van der Waals surface area contributed by atoms with E-state index in [-0.39, 0.29) is 12.5 Å². The number of nitrogens with two attached hydrogens (primary N) is 1. The molecule has 0 saturated heterocycles. The average molecular weight is 277 g/mol. The summed E-state index contributed by atoms with van der Waals surface area (Å²) in [5.41, 5.74) is 6.94. The second kappa shape index (κ2) is 5.44. The number of benzene rings is 1. The first-order valence-electron chi connectivity index (χ1n) is 7.10. The zero-order valence-corrected chi connectivity index (χ0v) is 12.3. The van der Waals surface area contributed by atoms with Gasteiger partial charge in [0.15, 0.2) is 5.54 Å². The summed E-state index contributed by atoms with van der Waals surface area (Å²) in [6.07, 6.45) is 1.74. The van der Waals surface area contributed by atoms with Crippen LogP contribution < -0.4 is 10.5 Å². The molecule has 0 bridgehead atoms. The van der Waals surface area contributed by atoms with Gasteiger partial charge in [-0.05, 0) is 48.8 Å². The van der Waals surface area contributed by atoms with Crippen molar-refractivity contribution in [2.75, 3.05) is 6.61 Å². The smallest absolute Gasteiger partial charge is 0.327 e. The number of hydrogen-bond donors (Lipinski definition) is 2. The molecule has 4 nitrogen and oxygen atoms in total. The number of aryl methyl sites for hydroxylation is 1. The summed E-state index contributed by atoms with van der Waals surface area (Å²) in [6.45, 7) is 6.19. The van der Waals surface area contributed by atoms with E-state index in [1.54, 1.807) is 0 Å². The largest absolute Gasteiger partial charge is 0.491 e. The molecular formula is C16H23NO3. The minimum absolute atomic E-state index is 0.0240. The van der Waals surface area contributed by atoms with Gasteiger partial charge in [-0.15, -0.1) is 0 Å². The standard InChI is InChI=1S/C16H23NO3/c1-10(2)13-7-4-11(3)8-14(13)20-9-16(17,15(18)19)12-5-6-12/h4,7-8,10,12H,5-6,9,17H2,1-3H3,(H,18,19). The van der Waals surface area contributed by atoms with Crippen LogP contribution in [0, 0.1) is 12.8 Å². The molecule has 0 spiro atoms. The van der Waals surface area contributed by atoms with Gasteiger partial charge in [-0.3, -0.25) is 4.79 Å². The second-order valence-electron chi connectivity index (χ2n) is 6.10. The lowest BCUT2D eigenvalue weighted by Gasteiger charge is -2.25. The highest BCUT2D eigenvalue weighted by atomic mass is 16.5. The first-order chi connectivity index (χ1) is 9.34. The first kappa shape index (κ1) is 14.9. The minimum atomic E-state index is -1.27. The third-order valence-corrected chi connectivity index (χ3v) is 3.96. The van der Waals surface area contributed by atoms with Gasteiger partial charge in [-0.2, -0.15) is 0 Å². The predicted molar refractivity (Wildman–Crippen MR) is 78.0 cm³/mol. The molecule has 2 rings (SSSR count).